The Hall–Kier alpha value is -1.63. The summed E-state index contributed by atoms with van der Waals surface area (Å²) in [6.07, 6.45) is 0.524. The number of carbonyl (C=O) groups is 1. The number of urea groups is 1. The van der Waals surface area contributed by atoms with E-state index >= 15 is 0 Å². The lowest BCUT2D eigenvalue weighted by Crippen LogP contribution is -2.37. The number of nitrogens with zero attached hydrogens (tertiary/aromatic N) is 2. The van der Waals surface area contributed by atoms with Crippen LogP contribution in [-0.2, 0) is 5.41 Å². The van der Waals surface area contributed by atoms with Gasteiger partial charge in [-0.1, -0.05) is 25.9 Å². The number of aliphatic hydroxyl groups excluding tert-OH is 1. The Balaban J connectivity index is 2.51. The van der Waals surface area contributed by atoms with Gasteiger partial charge >= 0.3 is 6.03 Å². The monoisotopic (exact) mass is 270 g/mol. The fourth-order valence-corrected chi connectivity index (χ4v) is 1.31. The predicted octanol–water partition coefficient (Wildman–Crippen LogP) is 1.11. The average molecular weight is 270 g/mol. The van der Waals surface area contributed by atoms with E-state index < -0.39 is 0 Å². The maximum Gasteiger partial charge on any atom is 0.315 e. The van der Waals surface area contributed by atoms with Crippen molar-refractivity contribution in [2.75, 3.05) is 13.2 Å². The van der Waals surface area contributed by atoms with E-state index in [0.717, 1.165) is 0 Å². The first kappa shape index (κ1) is 15.4. The average Bonchev–Trinajstić information content (AvgIpc) is 2.78. The minimum absolute atomic E-state index is 0.0500. The van der Waals surface area contributed by atoms with Crippen LogP contribution >= 0.6 is 0 Å². The van der Waals surface area contributed by atoms with Crippen molar-refractivity contribution < 1.29 is 14.4 Å². The van der Waals surface area contributed by atoms with E-state index in [4.69, 9.17) is 9.63 Å². The normalized spacial score (nSPS) is 13.1. The SMILES string of the molecule is CC(NC(=O)NCCCO)c1nc(C(C)(C)C)no1. The molecule has 0 saturated carbocycles. The molecular weight excluding hydrogens is 248 g/mol. The molecule has 1 heterocycles. The fraction of sp³-hybridized carbons (Fsp3) is 0.750. The van der Waals surface area contributed by atoms with Gasteiger partial charge in [-0.2, -0.15) is 4.98 Å². The van der Waals surface area contributed by atoms with Crippen LogP contribution in [0.5, 0.6) is 0 Å². The zero-order valence-electron chi connectivity index (χ0n) is 11.9. The Morgan fingerprint density at radius 1 is 1.47 bits per heavy atom. The summed E-state index contributed by atoms with van der Waals surface area (Å²) in [5.74, 6) is 0.985. The van der Waals surface area contributed by atoms with Crippen LogP contribution in [0.25, 0.3) is 0 Å². The molecule has 1 unspecified atom stereocenters. The largest absolute Gasteiger partial charge is 0.396 e. The number of rotatable bonds is 5. The van der Waals surface area contributed by atoms with Crippen molar-refractivity contribution in [3.8, 4) is 0 Å². The van der Waals surface area contributed by atoms with E-state index in [9.17, 15) is 4.79 Å². The molecular formula is C12H22N4O3. The zero-order valence-corrected chi connectivity index (χ0v) is 11.9. The Labute approximate surface area is 112 Å². The molecule has 0 aliphatic rings. The highest BCUT2D eigenvalue weighted by atomic mass is 16.5. The van der Waals surface area contributed by atoms with E-state index in [1.807, 2.05) is 20.8 Å². The zero-order chi connectivity index (χ0) is 14.5. The third-order valence-corrected chi connectivity index (χ3v) is 2.45. The van der Waals surface area contributed by atoms with E-state index in [2.05, 4.69) is 20.8 Å². The van der Waals surface area contributed by atoms with Crippen LogP contribution in [0.2, 0.25) is 0 Å². The van der Waals surface area contributed by atoms with E-state index in [1.54, 1.807) is 6.92 Å². The first-order valence-corrected chi connectivity index (χ1v) is 6.34. The lowest BCUT2D eigenvalue weighted by molar-refractivity contribution is 0.231. The molecule has 0 spiro atoms. The van der Waals surface area contributed by atoms with Crippen LogP contribution in [0.15, 0.2) is 4.52 Å². The van der Waals surface area contributed by atoms with Crippen molar-refractivity contribution >= 4 is 6.03 Å². The maximum absolute atomic E-state index is 11.5. The minimum atomic E-state index is -0.363. The number of carbonyl (C=O) groups excluding carboxylic acids is 1. The minimum Gasteiger partial charge on any atom is -0.396 e. The third-order valence-electron chi connectivity index (χ3n) is 2.45. The Kier molecular flexibility index (Phi) is 5.29. The molecule has 0 aromatic carbocycles. The molecule has 7 heteroatoms. The summed E-state index contributed by atoms with van der Waals surface area (Å²) < 4.78 is 5.14. The van der Waals surface area contributed by atoms with E-state index in [-0.39, 0.29) is 24.1 Å². The Morgan fingerprint density at radius 3 is 2.68 bits per heavy atom. The summed E-state index contributed by atoms with van der Waals surface area (Å²) >= 11 is 0. The van der Waals surface area contributed by atoms with Crippen LogP contribution in [0, 0.1) is 0 Å². The summed E-state index contributed by atoms with van der Waals surface area (Å²) in [5, 5.41) is 17.8. The molecule has 0 bridgehead atoms. The van der Waals surface area contributed by atoms with Crippen molar-refractivity contribution in [3.63, 3.8) is 0 Å². The summed E-state index contributed by atoms with van der Waals surface area (Å²) in [7, 11) is 0. The lowest BCUT2D eigenvalue weighted by atomic mass is 9.96. The van der Waals surface area contributed by atoms with Crippen LogP contribution < -0.4 is 10.6 Å². The van der Waals surface area contributed by atoms with E-state index in [0.29, 0.717) is 24.7 Å². The molecule has 0 saturated heterocycles. The molecule has 1 rings (SSSR count). The van der Waals surface area contributed by atoms with Gasteiger partial charge in [0.25, 0.3) is 0 Å². The molecule has 1 aromatic rings. The molecule has 0 aliphatic heterocycles. The molecule has 0 aliphatic carbocycles. The van der Waals surface area contributed by atoms with Crippen molar-refractivity contribution in [1.82, 2.24) is 20.8 Å². The van der Waals surface area contributed by atoms with Crippen molar-refractivity contribution in [2.24, 2.45) is 0 Å². The van der Waals surface area contributed by atoms with Crippen LogP contribution in [0.4, 0.5) is 4.79 Å². The highest BCUT2D eigenvalue weighted by Gasteiger charge is 2.23. The van der Waals surface area contributed by atoms with Gasteiger partial charge in [0.05, 0.1) is 0 Å². The molecule has 0 fully saturated rings. The molecule has 19 heavy (non-hydrogen) atoms. The number of hydrogen-bond donors (Lipinski definition) is 3. The van der Waals surface area contributed by atoms with Gasteiger partial charge in [-0.25, -0.2) is 4.79 Å². The van der Waals surface area contributed by atoms with Gasteiger partial charge in [0.2, 0.25) is 5.89 Å². The Morgan fingerprint density at radius 2 is 2.16 bits per heavy atom. The highest BCUT2D eigenvalue weighted by molar-refractivity contribution is 5.74. The molecule has 2 amide bonds. The lowest BCUT2D eigenvalue weighted by Gasteiger charge is -2.12. The number of amides is 2. The molecule has 0 radical (unpaired) electrons. The third kappa shape index (κ3) is 4.86. The first-order chi connectivity index (χ1) is 8.84. The second-order valence-corrected chi connectivity index (χ2v) is 5.41. The smallest absolute Gasteiger partial charge is 0.315 e. The number of hydrogen-bond acceptors (Lipinski definition) is 5. The Bertz CT molecular complexity index is 411. The second-order valence-electron chi connectivity index (χ2n) is 5.41. The van der Waals surface area contributed by atoms with Crippen LogP contribution in [0.3, 0.4) is 0 Å². The second kappa shape index (κ2) is 6.51. The van der Waals surface area contributed by atoms with E-state index in [1.165, 1.54) is 0 Å². The van der Waals surface area contributed by atoms with Crippen molar-refractivity contribution in [2.45, 2.75) is 45.6 Å². The molecule has 7 nitrogen and oxygen atoms in total. The van der Waals surface area contributed by atoms with Crippen molar-refractivity contribution in [1.29, 1.82) is 0 Å². The van der Waals surface area contributed by atoms with Gasteiger partial charge < -0.3 is 20.3 Å². The molecule has 3 N–H and O–H groups in total. The summed E-state index contributed by atoms with van der Waals surface area (Å²) in [5.41, 5.74) is -0.190. The van der Waals surface area contributed by atoms with Gasteiger partial charge in [-0.05, 0) is 13.3 Å². The summed E-state index contributed by atoms with van der Waals surface area (Å²) in [4.78, 5) is 15.8. The highest BCUT2D eigenvalue weighted by Crippen LogP contribution is 2.20. The summed E-state index contributed by atoms with van der Waals surface area (Å²) in [6.45, 7) is 8.20. The van der Waals surface area contributed by atoms with Crippen LogP contribution in [0.1, 0.15) is 51.9 Å². The molecule has 108 valence electrons. The van der Waals surface area contributed by atoms with Gasteiger partial charge in [0, 0.05) is 18.6 Å². The van der Waals surface area contributed by atoms with Gasteiger partial charge in [-0.15, -0.1) is 0 Å². The first-order valence-electron chi connectivity index (χ1n) is 6.34. The molecule has 1 atom stereocenters. The molecule has 1 aromatic heterocycles. The van der Waals surface area contributed by atoms with Gasteiger partial charge in [0.1, 0.15) is 6.04 Å². The quantitative estimate of drug-likeness (QED) is 0.696. The fourth-order valence-electron chi connectivity index (χ4n) is 1.31. The standard InChI is InChI=1S/C12H22N4O3/c1-8(14-11(18)13-6-5-7-17)9-15-10(16-19-9)12(2,3)4/h8,17H,5-7H2,1-4H3,(H2,13,14,18). The number of aromatic nitrogens is 2. The van der Waals surface area contributed by atoms with Gasteiger partial charge in [0.15, 0.2) is 5.82 Å². The topological polar surface area (TPSA) is 100 Å². The predicted molar refractivity (Wildman–Crippen MR) is 69.7 cm³/mol. The number of aliphatic hydroxyl groups is 1. The van der Waals surface area contributed by atoms with Crippen molar-refractivity contribution in [3.05, 3.63) is 11.7 Å². The maximum atomic E-state index is 11.5. The summed E-state index contributed by atoms with van der Waals surface area (Å²) in [6, 6.07) is -0.686. The van der Waals surface area contributed by atoms with Gasteiger partial charge in [-0.3, -0.25) is 0 Å². The number of nitrogens with one attached hydrogen (secondary N) is 2. The van der Waals surface area contributed by atoms with Crippen LogP contribution in [-0.4, -0.2) is 34.4 Å².